The van der Waals surface area contributed by atoms with Gasteiger partial charge < -0.3 is 9.42 Å². The third-order valence-electron chi connectivity index (χ3n) is 4.90. The van der Waals surface area contributed by atoms with Crippen LogP contribution in [0.25, 0.3) is 22.3 Å². The van der Waals surface area contributed by atoms with Crippen molar-refractivity contribution in [1.82, 2.24) is 0 Å². The standard InChI is InChI=1S/C24H27O2P/c1-16(2)19-10-12-21(22(14-19)17(3)4)23-15-20(11-13-24(23)26-27-25)18-8-6-5-7-9-18/h5-17,25,27H,1-4H3. The van der Waals surface area contributed by atoms with Crippen molar-refractivity contribution in [2.75, 3.05) is 0 Å². The van der Waals surface area contributed by atoms with Gasteiger partial charge in [0, 0.05) is 5.56 Å². The molecule has 3 aromatic carbocycles. The van der Waals surface area contributed by atoms with Crippen LogP contribution in [0.5, 0.6) is 5.75 Å². The Morgan fingerprint density at radius 1 is 0.741 bits per heavy atom. The third kappa shape index (κ3) is 4.40. The molecule has 0 radical (unpaired) electrons. The summed E-state index contributed by atoms with van der Waals surface area (Å²) in [4.78, 5) is 9.38. The minimum absolute atomic E-state index is 0.392. The largest absolute Gasteiger partial charge is 0.449 e. The summed E-state index contributed by atoms with van der Waals surface area (Å²) in [5.74, 6) is 1.60. The average Bonchev–Trinajstić information content (AvgIpc) is 2.68. The fourth-order valence-corrected chi connectivity index (χ4v) is 3.63. The molecule has 0 bridgehead atoms. The fourth-order valence-electron chi connectivity index (χ4n) is 3.35. The Morgan fingerprint density at radius 3 is 2.11 bits per heavy atom. The Morgan fingerprint density at radius 2 is 1.48 bits per heavy atom. The van der Waals surface area contributed by atoms with Crippen molar-refractivity contribution in [3.63, 3.8) is 0 Å². The molecule has 3 heteroatoms. The zero-order chi connectivity index (χ0) is 19.4. The van der Waals surface area contributed by atoms with Gasteiger partial charge in [0.1, 0.15) is 5.75 Å². The summed E-state index contributed by atoms with van der Waals surface area (Å²) in [5.41, 5.74) is 7.14. The minimum Gasteiger partial charge on any atom is -0.449 e. The molecule has 0 fully saturated rings. The molecule has 0 amide bonds. The van der Waals surface area contributed by atoms with Crippen molar-refractivity contribution in [3.8, 4) is 28.0 Å². The zero-order valence-electron chi connectivity index (χ0n) is 16.4. The van der Waals surface area contributed by atoms with Crippen LogP contribution in [0.1, 0.15) is 50.7 Å². The topological polar surface area (TPSA) is 29.5 Å². The van der Waals surface area contributed by atoms with E-state index in [4.69, 9.17) is 4.52 Å². The van der Waals surface area contributed by atoms with Gasteiger partial charge >= 0.3 is 0 Å². The van der Waals surface area contributed by atoms with E-state index in [-0.39, 0.29) is 0 Å². The van der Waals surface area contributed by atoms with Crippen LogP contribution >= 0.6 is 9.03 Å². The average molecular weight is 378 g/mol. The SMILES string of the molecule is CC(C)c1ccc(-c2cc(-c3ccccc3)ccc2OPO)c(C(C)C)c1. The Kier molecular flexibility index (Phi) is 6.31. The summed E-state index contributed by atoms with van der Waals surface area (Å²) < 4.78 is 5.58. The van der Waals surface area contributed by atoms with Crippen LogP contribution in [0.15, 0.2) is 66.7 Å². The van der Waals surface area contributed by atoms with E-state index >= 15 is 0 Å². The molecule has 3 rings (SSSR count). The van der Waals surface area contributed by atoms with E-state index in [1.165, 1.54) is 22.3 Å². The molecule has 0 aliphatic heterocycles. The van der Waals surface area contributed by atoms with Gasteiger partial charge in [-0.3, -0.25) is 0 Å². The molecular formula is C24H27O2P. The summed E-state index contributed by atoms with van der Waals surface area (Å²) in [6, 6.07) is 23.2. The molecule has 3 aromatic rings. The van der Waals surface area contributed by atoms with Crippen LogP contribution in [-0.4, -0.2) is 4.89 Å². The monoisotopic (exact) mass is 378 g/mol. The van der Waals surface area contributed by atoms with E-state index in [0.29, 0.717) is 11.8 Å². The van der Waals surface area contributed by atoms with E-state index in [1.54, 1.807) is 0 Å². The van der Waals surface area contributed by atoms with Gasteiger partial charge in [-0.1, -0.05) is 82.3 Å². The summed E-state index contributed by atoms with van der Waals surface area (Å²) in [6.07, 6.45) is 0. The molecule has 0 saturated heterocycles. The first kappa shape index (κ1) is 19.6. The number of hydrogen-bond acceptors (Lipinski definition) is 2. The van der Waals surface area contributed by atoms with Gasteiger partial charge in [-0.2, -0.15) is 0 Å². The van der Waals surface area contributed by atoms with E-state index < -0.39 is 9.03 Å². The lowest BCUT2D eigenvalue weighted by Gasteiger charge is -2.19. The van der Waals surface area contributed by atoms with Crippen LogP contribution in [0.2, 0.25) is 0 Å². The maximum atomic E-state index is 9.38. The molecule has 1 unspecified atom stereocenters. The lowest BCUT2D eigenvalue weighted by atomic mass is 9.87. The number of hydrogen-bond donors (Lipinski definition) is 1. The van der Waals surface area contributed by atoms with Crippen LogP contribution in [0.3, 0.4) is 0 Å². The van der Waals surface area contributed by atoms with E-state index in [1.807, 2.05) is 30.3 Å². The van der Waals surface area contributed by atoms with Gasteiger partial charge in [0.05, 0.1) is 0 Å². The zero-order valence-corrected chi connectivity index (χ0v) is 17.4. The first-order valence-electron chi connectivity index (χ1n) is 9.41. The van der Waals surface area contributed by atoms with E-state index in [9.17, 15) is 4.89 Å². The fraction of sp³-hybridized carbons (Fsp3) is 0.250. The van der Waals surface area contributed by atoms with Crippen LogP contribution in [0.4, 0.5) is 0 Å². The van der Waals surface area contributed by atoms with Crippen molar-refractivity contribution in [2.24, 2.45) is 0 Å². The second-order valence-corrected chi connectivity index (χ2v) is 7.81. The maximum Gasteiger partial charge on any atom is 0.212 e. The van der Waals surface area contributed by atoms with Crippen molar-refractivity contribution in [3.05, 3.63) is 77.9 Å². The molecule has 0 aliphatic rings. The number of rotatable bonds is 6. The molecule has 0 aromatic heterocycles. The Hall–Kier alpha value is -2.15. The Bertz CT molecular complexity index is 902. The molecule has 0 spiro atoms. The lowest BCUT2D eigenvalue weighted by molar-refractivity contribution is 0.515. The van der Waals surface area contributed by atoms with E-state index in [0.717, 1.165) is 16.9 Å². The first-order valence-corrected chi connectivity index (χ1v) is 10.3. The predicted molar refractivity (Wildman–Crippen MR) is 117 cm³/mol. The molecule has 27 heavy (non-hydrogen) atoms. The highest BCUT2D eigenvalue weighted by atomic mass is 31.1. The van der Waals surface area contributed by atoms with Crippen molar-refractivity contribution in [2.45, 2.75) is 39.5 Å². The van der Waals surface area contributed by atoms with Gasteiger partial charge in [0.15, 0.2) is 0 Å². The maximum absolute atomic E-state index is 9.38. The second kappa shape index (κ2) is 8.69. The van der Waals surface area contributed by atoms with Crippen LogP contribution in [-0.2, 0) is 0 Å². The summed E-state index contributed by atoms with van der Waals surface area (Å²) in [7, 11) is -0.575. The molecule has 2 nitrogen and oxygen atoms in total. The van der Waals surface area contributed by atoms with E-state index in [2.05, 4.69) is 64.1 Å². The molecule has 0 heterocycles. The molecular weight excluding hydrogens is 351 g/mol. The summed E-state index contributed by atoms with van der Waals surface area (Å²) in [6.45, 7) is 8.88. The normalized spacial score (nSPS) is 11.7. The summed E-state index contributed by atoms with van der Waals surface area (Å²) in [5, 5.41) is 0. The highest BCUT2D eigenvalue weighted by Crippen LogP contribution is 2.40. The molecule has 0 saturated carbocycles. The summed E-state index contributed by atoms with van der Waals surface area (Å²) >= 11 is 0. The van der Waals surface area contributed by atoms with Gasteiger partial charge in [0.25, 0.3) is 0 Å². The van der Waals surface area contributed by atoms with Gasteiger partial charge in [-0.15, -0.1) is 0 Å². The minimum atomic E-state index is -0.575. The highest BCUT2D eigenvalue weighted by Gasteiger charge is 2.16. The molecule has 0 aliphatic carbocycles. The Balaban J connectivity index is 2.19. The van der Waals surface area contributed by atoms with Gasteiger partial charge in [-0.25, -0.2) is 0 Å². The van der Waals surface area contributed by atoms with Crippen molar-refractivity contribution >= 4 is 9.03 Å². The molecule has 1 atom stereocenters. The first-order chi connectivity index (χ1) is 13.0. The van der Waals surface area contributed by atoms with Gasteiger partial charge in [-0.05, 0) is 51.8 Å². The Labute approximate surface area is 164 Å². The lowest BCUT2D eigenvalue weighted by Crippen LogP contribution is -1.98. The van der Waals surface area contributed by atoms with Crippen LogP contribution < -0.4 is 4.52 Å². The van der Waals surface area contributed by atoms with Gasteiger partial charge in [0.2, 0.25) is 9.03 Å². The van der Waals surface area contributed by atoms with Crippen LogP contribution in [0, 0.1) is 0 Å². The molecule has 140 valence electrons. The molecule has 1 N–H and O–H groups in total. The van der Waals surface area contributed by atoms with Crippen molar-refractivity contribution < 1.29 is 9.42 Å². The highest BCUT2D eigenvalue weighted by molar-refractivity contribution is 7.25. The smallest absolute Gasteiger partial charge is 0.212 e. The quantitative estimate of drug-likeness (QED) is 0.462. The predicted octanol–water partition coefficient (Wildman–Crippen LogP) is 7.15. The third-order valence-corrected chi connectivity index (χ3v) is 5.21. The number of benzene rings is 3. The van der Waals surface area contributed by atoms with Crippen molar-refractivity contribution in [1.29, 1.82) is 0 Å². The second-order valence-electron chi connectivity index (χ2n) is 7.43.